The number of carbonyl (C=O) groups is 1. The molecule has 1 aromatic heterocycles. The second kappa shape index (κ2) is 5.48. The topological polar surface area (TPSA) is 64.4 Å². The average molecular weight is 325 g/mol. The summed E-state index contributed by atoms with van der Waals surface area (Å²) < 4.78 is 6.60. The first-order valence-corrected chi connectivity index (χ1v) is 8.08. The number of hydrogen-bond donors (Lipinski definition) is 2. The third-order valence-corrected chi connectivity index (χ3v) is 5.32. The number of nitrogens with one attached hydrogen (secondary N) is 1. The van der Waals surface area contributed by atoms with E-state index >= 15 is 0 Å². The van der Waals surface area contributed by atoms with Gasteiger partial charge in [0.15, 0.2) is 0 Å². The molecular weight excluding hydrogens is 308 g/mol. The zero-order valence-electron chi connectivity index (χ0n) is 11.7. The minimum atomic E-state index is -0.265. The zero-order chi connectivity index (χ0) is 15.0. The van der Waals surface area contributed by atoms with Crippen molar-refractivity contribution in [1.29, 1.82) is 0 Å². The lowest BCUT2D eigenvalue weighted by Gasteiger charge is -2.23. The summed E-state index contributed by atoms with van der Waals surface area (Å²) in [5.41, 5.74) is 6.28. The molecule has 1 atom stereocenters. The van der Waals surface area contributed by atoms with Crippen molar-refractivity contribution in [3.05, 3.63) is 28.1 Å². The molecule has 112 valence electrons. The van der Waals surface area contributed by atoms with Gasteiger partial charge in [0, 0.05) is 23.2 Å². The van der Waals surface area contributed by atoms with Gasteiger partial charge in [-0.15, -0.1) is 11.3 Å². The Labute approximate surface area is 132 Å². The van der Waals surface area contributed by atoms with E-state index < -0.39 is 0 Å². The molecule has 1 aliphatic heterocycles. The standard InChI is InChI=1S/C15H17ClN2O2S/c1-15(6-3-7-20-15)8-18-14(19)13-12(17)11-9(16)4-2-5-10(11)21-13/h2,4-5H,3,6-8,17H2,1H3,(H,18,19). The Kier molecular flexibility index (Phi) is 3.82. The number of nitrogen functional groups attached to an aromatic ring is 1. The number of rotatable bonds is 3. The summed E-state index contributed by atoms with van der Waals surface area (Å²) in [6.45, 7) is 3.27. The van der Waals surface area contributed by atoms with Crippen molar-refractivity contribution in [2.75, 3.05) is 18.9 Å². The second-order valence-corrected chi connectivity index (χ2v) is 7.00. The summed E-state index contributed by atoms with van der Waals surface area (Å²) in [6, 6.07) is 5.55. The van der Waals surface area contributed by atoms with Gasteiger partial charge < -0.3 is 15.8 Å². The van der Waals surface area contributed by atoms with E-state index in [1.807, 2.05) is 19.1 Å². The van der Waals surface area contributed by atoms with Crippen LogP contribution in [0.15, 0.2) is 18.2 Å². The molecule has 1 aromatic carbocycles. The number of nitrogens with two attached hydrogens (primary N) is 1. The summed E-state index contributed by atoms with van der Waals surface area (Å²) in [5.74, 6) is -0.165. The monoisotopic (exact) mass is 324 g/mol. The van der Waals surface area contributed by atoms with Crippen LogP contribution in [0, 0.1) is 0 Å². The summed E-state index contributed by atoms with van der Waals surface area (Å²) in [6.07, 6.45) is 1.99. The van der Waals surface area contributed by atoms with Crippen LogP contribution < -0.4 is 11.1 Å². The lowest BCUT2D eigenvalue weighted by atomic mass is 10.0. The maximum atomic E-state index is 12.4. The van der Waals surface area contributed by atoms with Crippen LogP contribution in [-0.2, 0) is 4.74 Å². The van der Waals surface area contributed by atoms with E-state index in [2.05, 4.69) is 5.32 Å². The molecule has 2 heterocycles. The van der Waals surface area contributed by atoms with E-state index in [1.54, 1.807) is 6.07 Å². The molecule has 1 amide bonds. The van der Waals surface area contributed by atoms with Gasteiger partial charge in [-0.1, -0.05) is 17.7 Å². The maximum Gasteiger partial charge on any atom is 0.263 e. The predicted octanol–water partition coefficient (Wildman–Crippen LogP) is 3.44. The normalized spacial score (nSPS) is 21.8. The summed E-state index contributed by atoms with van der Waals surface area (Å²) in [4.78, 5) is 12.9. The second-order valence-electron chi connectivity index (χ2n) is 5.54. The first-order chi connectivity index (χ1) is 10.0. The van der Waals surface area contributed by atoms with Gasteiger partial charge in [-0.2, -0.15) is 0 Å². The first-order valence-electron chi connectivity index (χ1n) is 6.89. The van der Waals surface area contributed by atoms with Crippen LogP contribution in [0.5, 0.6) is 0 Å². The maximum absolute atomic E-state index is 12.4. The zero-order valence-corrected chi connectivity index (χ0v) is 13.3. The van der Waals surface area contributed by atoms with Crippen LogP contribution in [-0.4, -0.2) is 24.7 Å². The highest BCUT2D eigenvalue weighted by atomic mass is 35.5. The molecule has 0 bridgehead atoms. The quantitative estimate of drug-likeness (QED) is 0.909. The molecule has 0 saturated carbocycles. The lowest BCUT2D eigenvalue weighted by molar-refractivity contribution is 0.0206. The van der Waals surface area contributed by atoms with E-state index in [0.29, 0.717) is 22.1 Å². The molecular formula is C15H17ClN2O2S. The van der Waals surface area contributed by atoms with Gasteiger partial charge in [-0.25, -0.2) is 0 Å². The highest BCUT2D eigenvalue weighted by Gasteiger charge is 2.30. The molecule has 1 saturated heterocycles. The number of amides is 1. The van der Waals surface area contributed by atoms with Crippen molar-refractivity contribution in [3.8, 4) is 0 Å². The van der Waals surface area contributed by atoms with Crippen LogP contribution in [0.4, 0.5) is 5.69 Å². The Hall–Kier alpha value is -1.30. The number of halogens is 1. The van der Waals surface area contributed by atoms with E-state index in [-0.39, 0.29) is 11.5 Å². The van der Waals surface area contributed by atoms with Crippen LogP contribution in [0.1, 0.15) is 29.4 Å². The molecule has 1 unspecified atom stereocenters. The van der Waals surface area contributed by atoms with Gasteiger partial charge in [0.25, 0.3) is 5.91 Å². The van der Waals surface area contributed by atoms with E-state index in [4.69, 9.17) is 22.1 Å². The summed E-state index contributed by atoms with van der Waals surface area (Å²) in [5, 5.41) is 4.26. The fraction of sp³-hybridized carbons (Fsp3) is 0.400. The third-order valence-electron chi connectivity index (χ3n) is 3.83. The van der Waals surface area contributed by atoms with Gasteiger partial charge in [0.05, 0.1) is 16.3 Å². The number of ether oxygens (including phenoxy) is 1. The average Bonchev–Trinajstić information content (AvgIpc) is 3.02. The summed E-state index contributed by atoms with van der Waals surface area (Å²) in [7, 11) is 0. The van der Waals surface area contributed by atoms with Crippen molar-refractivity contribution in [1.82, 2.24) is 5.32 Å². The summed E-state index contributed by atoms with van der Waals surface area (Å²) >= 11 is 7.52. The van der Waals surface area contributed by atoms with Gasteiger partial charge >= 0.3 is 0 Å². The van der Waals surface area contributed by atoms with E-state index in [1.165, 1.54) is 11.3 Å². The number of anilines is 1. The molecule has 6 heteroatoms. The Morgan fingerprint density at radius 2 is 2.38 bits per heavy atom. The van der Waals surface area contributed by atoms with Crippen molar-refractivity contribution in [2.24, 2.45) is 0 Å². The molecule has 1 fully saturated rings. The van der Waals surface area contributed by atoms with Gasteiger partial charge in [-0.05, 0) is 31.9 Å². The van der Waals surface area contributed by atoms with E-state index in [9.17, 15) is 4.79 Å². The largest absolute Gasteiger partial charge is 0.397 e. The third kappa shape index (κ3) is 2.73. The molecule has 1 aliphatic rings. The molecule has 2 aromatic rings. The number of benzene rings is 1. The predicted molar refractivity (Wildman–Crippen MR) is 87.2 cm³/mol. The Bertz CT molecular complexity index is 692. The first kappa shape index (κ1) is 14.6. The van der Waals surface area contributed by atoms with Crippen LogP contribution in [0.3, 0.4) is 0 Å². The molecule has 21 heavy (non-hydrogen) atoms. The molecule has 0 aliphatic carbocycles. The Balaban J connectivity index is 1.82. The van der Waals surface area contributed by atoms with Crippen LogP contribution in [0.2, 0.25) is 5.02 Å². The van der Waals surface area contributed by atoms with Gasteiger partial charge in [0.2, 0.25) is 0 Å². The highest BCUT2D eigenvalue weighted by Crippen LogP contribution is 2.38. The fourth-order valence-electron chi connectivity index (χ4n) is 2.62. The fourth-order valence-corrected chi connectivity index (χ4v) is 4.02. The number of carbonyl (C=O) groups excluding carboxylic acids is 1. The number of thiophene rings is 1. The highest BCUT2D eigenvalue weighted by molar-refractivity contribution is 7.21. The molecule has 0 spiro atoms. The number of fused-ring (bicyclic) bond motifs is 1. The Morgan fingerprint density at radius 3 is 3.05 bits per heavy atom. The molecule has 0 radical (unpaired) electrons. The minimum Gasteiger partial charge on any atom is -0.397 e. The molecule has 3 N–H and O–H groups in total. The Morgan fingerprint density at radius 1 is 1.57 bits per heavy atom. The molecule has 4 nitrogen and oxygen atoms in total. The number of hydrogen-bond acceptors (Lipinski definition) is 4. The van der Waals surface area contributed by atoms with Crippen molar-refractivity contribution in [2.45, 2.75) is 25.4 Å². The van der Waals surface area contributed by atoms with Crippen LogP contribution in [0.25, 0.3) is 10.1 Å². The smallest absolute Gasteiger partial charge is 0.263 e. The van der Waals surface area contributed by atoms with Gasteiger partial charge in [-0.3, -0.25) is 4.79 Å². The van der Waals surface area contributed by atoms with Crippen LogP contribution >= 0.6 is 22.9 Å². The van der Waals surface area contributed by atoms with Crippen molar-refractivity contribution >= 4 is 44.6 Å². The SMILES string of the molecule is CC1(CNC(=O)c2sc3cccc(Cl)c3c2N)CCCO1. The molecule has 3 rings (SSSR count). The van der Waals surface area contributed by atoms with Gasteiger partial charge in [0.1, 0.15) is 4.88 Å². The van der Waals surface area contributed by atoms with Crippen molar-refractivity contribution in [3.63, 3.8) is 0 Å². The lowest BCUT2D eigenvalue weighted by Crippen LogP contribution is -2.40. The van der Waals surface area contributed by atoms with E-state index in [0.717, 1.165) is 29.5 Å². The minimum absolute atomic E-state index is 0.165. The van der Waals surface area contributed by atoms with Crippen molar-refractivity contribution < 1.29 is 9.53 Å².